The molecule has 0 saturated heterocycles. The molecule has 0 aliphatic rings. The molecule has 0 aromatic heterocycles. The van der Waals surface area contributed by atoms with Crippen molar-refractivity contribution in [3.05, 3.63) is 64.2 Å². The van der Waals surface area contributed by atoms with E-state index in [9.17, 15) is 4.79 Å². The number of carbonyl (C=O) groups excluding carboxylic acids is 1. The zero-order chi connectivity index (χ0) is 16.1. The van der Waals surface area contributed by atoms with Crippen LogP contribution in [0.2, 0.25) is 5.02 Å². The maximum Gasteiger partial charge on any atom is 0.258 e. The number of ether oxygens (including phenoxy) is 1. The topological polar surface area (TPSA) is 38.3 Å². The third-order valence-corrected chi connectivity index (χ3v) is 3.53. The monoisotopic (exact) mass is 317 g/mol. The maximum absolute atomic E-state index is 12.0. The highest BCUT2D eigenvalue weighted by atomic mass is 35.5. The first-order valence-electron chi connectivity index (χ1n) is 7.20. The summed E-state index contributed by atoms with van der Waals surface area (Å²) in [6, 6.07) is 13.2. The normalized spacial score (nSPS) is 11.8. The van der Waals surface area contributed by atoms with Gasteiger partial charge in [0.05, 0.1) is 6.04 Å². The summed E-state index contributed by atoms with van der Waals surface area (Å²) in [7, 11) is 0. The second kappa shape index (κ2) is 7.32. The number of benzene rings is 2. The van der Waals surface area contributed by atoms with E-state index in [2.05, 4.69) is 11.4 Å². The standard InChI is InChI=1S/C18H20ClNO2/c1-12-7-13(2)9-17(8-12)22-11-18(21)20-14(3)15-5-4-6-16(19)10-15/h4-10,14H,11H2,1-3H3,(H,20,21)/t14-/m0/s1. The van der Waals surface area contributed by atoms with Crippen LogP contribution >= 0.6 is 11.6 Å². The third kappa shape index (κ3) is 4.78. The second-order valence-electron chi connectivity index (χ2n) is 5.46. The Balaban J connectivity index is 1.90. The molecule has 2 aromatic rings. The lowest BCUT2D eigenvalue weighted by atomic mass is 10.1. The number of hydrogen-bond donors (Lipinski definition) is 1. The Labute approximate surface area is 136 Å². The van der Waals surface area contributed by atoms with Gasteiger partial charge in [-0.1, -0.05) is 29.8 Å². The van der Waals surface area contributed by atoms with Crippen LogP contribution < -0.4 is 10.1 Å². The van der Waals surface area contributed by atoms with Gasteiger partial charge in [-0.25, -0.2) is 0 Å². The third-order valence-electron chi connectivity index (χ3n) is 3.29. The highest BCUT2D eigenvalue weighted by molar-refractivity contribution is 6.30. The van der Waals surface area contributed by atoms with Crippen molar-refractivity contribution in [3.8, 4) is 5.75 Å². The van der Waals surface area contributed by atoms with E-state index in [0.717, 1.165) is 16.7 Å². The average Bonchev–Trinajstić information content (AvgIpc) is 2.44. The van der Waals surface area contributed by atoms with Crippen molar-refractivity contribution in [1.29, 1.82) is 0 Å². The Kier molecular flexibility index (Phi) is 5.45. The fourth-order valence-electron chi connectivity index (χ4n) is 2.31. The lowest BCUT2D eigenvalue weighted by molar-refractivity contribution is -0.123. The smallest absolute Gasteiger partial charge is 0.258 e. The summed E-state index contributed by atoms with van der Waals surface area (Å²) in [5.74, 6) is 0.551. The molecule has 0 fully saturated rings. The van der Waals surface area contributed by atoms with Gasteiger partial charge in [-0.15, -0.1) is 0 Å². The number of carbonyl (C=O) groups is 1. The predicted octanol–water partition coefficient (Wildman–Crippen LogP) is 4.21. The maximum atomic E-state index is 12.0. The van der Waals surface area contributed by atoms with E-state index in [1.165, 1.54) is 0 Å². The van der Waals surface area contributed by atoms with Crippen LogP contribution in [0.15, 0.2) is 42.5 Å². The molecule has 1 amide bonds. The van der Waals surface area contributed by atoms with E-state index >= 15 is 0 Å². The fourth-order valence-corrected chi connectivity index (χ4v) is 2.51. The molecular formula is C18H20ClNO2. The molecule has 0 unspecified atom stereocenters. The van der Waals surface area contributed by atoms with Crippen molar-refractivity contribution in [2.45, 2.75) is 26.8 Å². The molecule has 0 aliphatic heterocycles. The van der Waals surface area contributed by atoms with Crippen LogP contribution in [-0.4, -0.2) is 12.5 Å². The van der Waals surface area contributed by atoms with Gasteiger partial charge >= 0.3 is 0 Å². The van der Waals surface area contributed by atoms with Crippen LogP contribution in [0, 0.1) is 13.8 Å². The molecule has 0 heterocycles. The van der Waals surface area contributed by atoms with Crippen molar-refractivity contribution >= 4 is 17.5 Å². The molecular weight excluding hydrogens is 298 g/mol. The summed E-state index contributed by atoms with van der Waals surface area (Å²) < 4.78 is 5.55. The summed E-state index contributed by atoms with van der Waals surface area (Å²) in [5.41, 5.74) is 3.19. The summed E-state index contributed by atoms with van der Waals surface area (Å²) in [6.07, 6.45) is 0. The summed E-state index contributed by atoms with van der Waals surface area (Å²) >= 11 is 5.96. The SMILES string of the molecule is Cc1cc(C)cc(OCC(=O)N[C@@H](C)c2cccc(Cl)c2)c1. The Morgan fingerprint density at radius 1 is 1.18 bits per heavy atom. The van der Waals surface area contributed by atoms with Gasteiger partial charge in [0.25, 0.3) is 5.91 Å². The van der Waals surface area contributed by atoms with Crippen LogP contribution in [0.5, 0.6) is 5.75 Å². The van der Waals surface area contributed by atoms with Crippen molar-refractivity contribution in [3.63, 3.8) is 0 Å². The molecule has 116 valence electrons. The fraction of sp³-hybridized carbons (Fsp3) is 0.278. The van der Waals surface area contributed by atoms with Crippen molar-refractivity contribution < 1.29 is 9.53 Å². The summed E-state index contributed by atoms with van der Waals surface area (Å²) in [6.45, 7) is 5.91. The van der Waals surface area contributed by atoms with Gasteiger partial charge < -0.3 is 10.1 Å². The van der Waals surface area contributed by atoms with Crippen molar-refractivity contribution in [2.24, 2.45) is 0 Å². The minimum Gasteiger partial charge on any atom is -0.484 e. The van der Waals surface area contributed by atoms with Gasteiger partial charge in [-0.3, -0.25) is 4.79 Å². The van der Waals surface area contributed by atoms with E-state index < -0.39 is 0 Å². The van der Waals surface area contributed by atoms with E-state index in [1.807, 2.05) is 57.2 Å². The Hall–Kier alpha value is -2.00. The Morgan fingerprint density at radius 3 is 2.50 bits per heavy atom. The summed E-state index contributed by atoms with van der Waals surface area (Å²) in [5, 5.41) is 3.56. The molecule has 4 heteroatoms. The van der Waals surface area contributed by atoms with E-state index in [-0.39, 0.29) is 18.6 Å². The number of nitrogens with one attached hydrogen (secondary N) is 1. The first-order valence-corrected chi connectivity index (χ1v) is 7.58. The van der Waals surface area contributed by atoms with Crippen LogP contribution in [0.25, 0.3) is 0 Å². The molecule has 2 rings (SSSR count). The van der Waals surface area contributed by atoms with Gasteiger partial charge in [0, 0.05) is 5.02 Å². The molecule has 0 saturated carbocycles. The van der Waals surface area contributed by atoms with E-state index in [4.69, 9.17) is 16.3 Å². The highest BCUT2D eigenvalue weighted by Gasteiger charge is 2.10. The van der Waals surface area contributed by atoms with Crippen LogP contribution in [0.1, 0.15) is 29.7 Å². The molecule has 0 bridgehead atoms. The Bertz CT molecular complexity index is 650. The zero-order valence-corrected chi connectivity index (χ0v) is 13.8. The Morgan fingerprint density at radius 2 is 1.86 bits per heavy atom. The number of halogens is 1. The van der Waals surface area contributed by atoms with Gasteiger partial charge in [-0.2, -0.15) is 0 Å². The minimum absolute atomic E-state index is 0.00615. The van der Waals surface area contributed by atoms with Gasteiger partial charge in [0.15, 0.2) is 6.61 Å². The van der Waals surface area contributed by atoms with Gasteiger partial charge in [0.1, 0.15) is 5.75 Å². The predicted molar refractivity (Wildman–Crippen MR) is 89.4 cm³/mol. The largest absolute Gasteiger partial charge is 0.484 e. The van der Waals surface area contributed by atoms with Crippen molar-refractivity contribution in [2.75, 3.05) is 6.61 Å². The molecule has 1 N–H and O–H groups in total. The van der Waals surface area contributed by atoms with E-state index in [0.29, 0.717) is 10.8 Å². The number of hydrogen-bond acceptors (Lipinski definition) is 2. The van der Waals surface area contributed by atoms with Gasteiger partial charge in [0.2, 0.25) is 0 Å². The summed E-state index contributed by atoms with van der Waals surface area (Å²) in [4.78, 5) is 12.0. The number of rotatable bonds is 5. The van der Waals surface area contributed by atoms with Crippen LogP contribution in [0.4, 0.5) is 0 Å². The van der Waals surface area contributed by atoms with E-state index in [1.54, 1.807) is 0 Å². The molecule has 0 radical (unpaired) electrons. The van der Waals surface area contributed by atoms with Crippen LogP contribution in [0.3, 0.4) is 0 Å². The molecule has 3 nitrogen and oxygen atoms in total. The van der Waals surface area contributed by atoms with Crippen molar-refractivity contribution in [1.82, 2.24) is 5.32 Å². The molecule has 2 aromatic carbocycles. The first-order chi connectivity index (χ1) is 10.4. The lowest BCUT2D eigenvalue weighted by Gasteiger charge is -2.15. The lowest BCUT2D eigenvalue weighted by Crippen LogP contribution is -2.31. The molecule has 22 heavy (non-hydrogen) atoms. The quantitative estimate of drug-likeness (QED) is 0.897. The highest BCUT2D eigenvalue weighted by Crippen LogP contribution is 2.18. The minimum atomic E-state index is -0.161. The van der Waals surface area contributed by atoms with Gasteiger partial charge in [-0.05, 0) is 61.7 Å². The zero-order valence-electron chi connectivity index (χ0n) is 13.0. The first kappa shape index (κ1) is 16.4. The molecule has 0 spiro atoms. The van der Waals surface area contributed by atoms with Crippen LogP contribution in [-0.2, 0) is 4.79 Å². The number of amides is 1. The second-order valence-corrected chi connectivity index (χ2v) is 5.89. The number of aryl methyl sites for hydroxylation is 2. The molecule has 1 atom stereocenters. The average molecular weight is 318 g/mol. The molecule has 0 aliphatic carbocycles.